The molecule has 0 saturated carbocycles. The highest BCUT2D eigenvalue weighted by molar-refractivity contribution is 7.99. The Kier molecular flexibility index (Phi) is 8.63. The van der Waals surface area contributed by atoms with Crippen LogP contribution < -0.4 is 19.1 Å². The molecule has 0 fully saturated rings. The van der Waals surface area contributed by atoms with Crippen LogP contribution in [0.25, 0.3) is 0 Å². The van der Waals surface area contributed by atoms with Gasteiger partial charge in [0.25, 0.3) is 0 Å². The molecule has 0 aliphatic carbocycles. The second-order valence-electron chi connectivity index (χ2n) is 10.1. The van der Waals surface area contributed by atoms with E-state index < -0.39 is 14.4 Å². The molecule has 1 aliphatic rings. The molecule has 1 amide bonds. The molecule has 0 bridgehead atoms. The van der Waals surface area contributed by atoms with Gasteiger partial charge in [-0.1, -0.05) is 44.7 Å². The molecule has 4 rings (SSSR count). The minimum absolute atomic E-state index is 0.191. The molecule has 3 aromatic carbocycles. The van der Waals surface area contributed by atoms with E-state index in [2.05, 4.69) is 42.7 Å². The SMILES string of the molecule is CC[Si](CC)(CC)Oc1ccc(COC(=O)N2c3ccc(N(C)C)cc3Sc3cc(N(C)C)ccc32)cc1. The van der Waals surface area contributed by atoms with Crippen LogP contribution in [-0.2, 0) is 11.3 Å². The van der Waals surface area contributed by atoms with E-state index in [0.717, 1.165) is 62.0 Å². The Balaban J connectivity index is 1.56. The predicted octanol–water partition coefficient (Wildman–Crippen LogP) is 8.14. The van der Waals surface area contributed by atoms with Crippen molar-refractivity contribution in [1.82, 2.24) is 0 Å². The third-order valence-corrected chi connectivity index (χ3v) is 13.0. The topological polar surface area (TPSA) is 45.3 Å². The number of carbonyl (C=O) groups is 1. The molecule has 8 heteroatoms. The van der Waals surface area contributed by atoms with Crippen molar-refractivity contribution in [2.45, 2.75) is 55.3 Å². The lowest BCUT2D eigenvalue weighted by Gasteiger charge is -2.32. The molecule has 0 N–H and O–H groups in total. The van der Waals surface area contributed by atoms with Crippen molar-refractivity contribution in [3.8, 4) is 5.75 Å². The second-order valence-corrected chi connectivity index (χ2v) is 15.8. The zero-order valence-electron chi connectivity index (χ0n) is 23.6. The average molecular weight is 550 g/mol. The van der Waals surface area contributed by atoms with Gasteiger partial charge in [-0.3, -0.25) is 0 Å². The van der Waals surface area contributed by atoms with Gasteiger partial charge in [-0.05, 0) is 72.2 Å². The first-order valence-electron chi connectivity index (χ1n) is 13.3. The number of fused-ring (bicyclic) bond motifs is 2. The number of amides is 1. The average Bonchev–Trinajstić information content (AvgIpc) is 2.93. The van der Waals surface area contributed by atoms with E-state index in [1.165, 1.54) is 0 Å². The molecule has 0 radical (unpaired) electrons. The van der Waals surface area contributed by atoms with E-state index in [-0.39, 0.29) is 6.61 Å². The van der Waals surface area contributed by atoms with Crippen LogP contribution in [0.3, 0.4) is 0 Å². The van der Waals surface area contributed by atoms with Gasteiger partial charge in [0.05, 0.1) is 11.4 Å². The van der Waals surface area contributed by atoms with E-state index in [4.69, 9.17) is 9.16 Å². The smallest absolute Gasteiger partial charge is 0.419 e. The third-order valence-electron chi connectivity index (χ3n) is 7.36. The third kappa shape index (κ3) is 5.81. The van der Waals surface area contributed by atoms with E-state index in [0.29, 0.717) is 0 Å². The van der Waals surface area contributed by atoms with E-state index in [1.807, 2.05) is 76.7 Å². The van der Waals surface area contributed by atoms with Gasteiger partial charge >= 0.3 is 6.09 Å². The largest absolute Gasteiger partial charge is 0.544 e. The Labute approximate surface area is 232 Å². The highest BCUT2D eigenvalue weighted by Crippen LogP contribution is 2.50. The zero-order chi connectivity index (χ0) is 27.4. The summed E-state index contributed by atoms with van der Waals surface area (Å²) in [5, 5.41) is 0. The van der Waals surface area contributed by atoms with Crippen LogP contribution in [0.15, 0.2) is 70.5 Å². The molecule has 0 spiro atoms. The minimum Gasteiger partial charge on any atom is -0.544 e. The van der Waals surface area contributed by atoms with Gasteiger partial charge in [-0.15, -0.1) is 0 Å². The van der Waals surface area contributed by atoms with Gasteiger partial charge in [0.15, 0.2) is 0 Å². The first kappa shape index (κ1) is 27.9. The Morgan fingerprint density at radius 1 is 0.789 bits per heavy atom. The summed E-state index contributed by atoms with van der Waals surface area (Å²) in [4.78, 5) is 21.4. The summed E-state index contributed by atoms with van der Waals surface area (Å²) in [5.74, 6) is 0.904. The fourth-order valence-electron chi connectivity index (χ4n) is 4.62. The Morgan fingerprint density at radius 3 is 1.74 bits per heavy atom. The number of benzene rings is 3. The molecule has 0 atom stereocenters. The quantitative estimate of drug-likeness (QED) is 0.251. The molecule has 0 unspecified atom stereocenters. The molecule has 6 nitrogen and oxygen atoms in total. The molecular weight excluding hydrogens is 511 g/mol. The van der Waals surface area contributed by atoms with Gasteiger partial charge in [0.1, 0.15) is 12.4 Å². The van der Waals surface area contributed by atoms with Crippen molar-refractivity contribution in [3.05, 3.63) is 66.2 Å². The Hall–Kier alpha value is -3.10. The Morgan fingerprint density at radius 2 is 1.29 bits per heavy atom. The van der Waals surface area contributed by atoms with Crippen molar-refractivity contribution >= 4 is 48.9 Å². The number of carbonyl (C=O) groups excluding carboxylic acids is 1. The first-order valence-corrected chi connectivity index (χ1v) is 16.6. The van der Waals surface area contributed by atoms with Crippen LogP contribution in [0.5, 0.6) is 5.75 Å². The number of hydrogen-bond donors (Lipinski definition) is 0. The zero-order valence-corrected chi connectivity index (χ0v) is 25.4. The van der Waals surface area contributed by atoms with Gasteiger partial charge in [0.2, 0.25) is 8.32 Å². The lowest BCUT2D eigenvalue weighted by molar-refractivity contribution is 0.149. The normalized spacial score (nSPS) is 12.4. The summed E-state index contributed by atoms with van der Waals surface area (Å²) in [6.07, 6.45) is -0.391. The molecular formula is C30H39N3O3SSi. The van der Waals surface area contributed by atoms with Crippen molar-refractivity contribution in [3.63, 3.8) is 0 Å². The van der Waals surface area contributed by atoms with Gasteiger partial charge in [-0.2, -0.15) is 0 Å². The standard InChI is InChI=1S/C30H39N3O3SSi/c1-8-38(9-2,10-3)36-25-15-11-22(12-16-25)21-35-30(34)33-26-17-13-23(31(4)5)19-28(26)37-29-20-24(32(6)7)14-18-27(29)33/h11-20H,8-10,21H2,1-7H3. The summed E-state index contributed by atoms with van der Waals surface area (Å²) in [7, 11) is 6.35. The van der Waals surface area contributed by atoms with Crippen molar-refractivity contribution in [2.24, 2.45) is 0 Å². The summed E-state index contributed by atoms with van der Waals surface area (Å²) < 4.78 is 12.3. The molecule has 1 aliphatic heterocycles. The summed E-state index contributed by atoms with van der Waals surface area (Å²) in [6, 6.07) is 23.6. The number of anilines is 4. The maximum atomic E-state index is 13.6. The van der Waals surface area contributed by atoms with E-state index in [9.17, 15) is 4.79 Å². The number of rotatable bonds is 9. The molecule has 1 heterocycles. The fraction of sp³-hybridized carbons (Fsp3) is 0.367. The van der Waals surface area contributed by atoms with Crippen LogP contribution in [0, 0.1) is 0 Å². The molecule has 38 heavy (non-hydrogen) atoms. The maximum absolute atomic E-state index is 13.6. The summed E-state index contributed by atoms with van der Waals surface area (Å²) >= 11 is 1.68. The minimum atomic E-state index is -1.72. The van der Waals surface area contributed by atoms with Crippen LogP contribution in [-0.4, -0.2) is 42.6 Å². The Bertz CT molecular complexity index is 1210. The fourth-order valence-corrected chi connectivity index (χ4v) is 8.31. The lowest BCUT2D eigenvalue weighted by atomic mass is 10.2. The van der Waals surface area contributed by atoms with E-state index in [1.54, 1.807) is 16.7 Å². The van der Waals surface area contributed by atoms with Gasteiger partial charge in [0, 0.05) is 49.4 Å². The van der Waals surface area contributed by atoms with Crippen LogP contribution >= 0.6 is 11.8 Å². The van der Waals surface area contributed by atoms with Crippen LogP contribution in [0.1, 0.15) is 26.3 Å². The van der Waals surface area contributed by atoms with Gasteiger partial charge in [-0.25, -0.2) is 9.69 Å². The van der Waals surface area contributed by atoms with Crippen LogP contribution in [0.4, 0.5) is 27.5 Å². The van der Waals surface area contributed by atoms with E-state index >= 15 is 0 Å². The number of nitrogens with zero attached hydrogens (tertiary/aromatic N) is 3. The van der Waals surface area contributed by atoms with Gasteiger partial charge < -0.3 is 19.0 Å². The van der Waals surface area contributed by atoms with Crippen molar-refractivity contribution in [1.29, 1.82) is 0 Å². The second kappa shape index (κ2) is 11.7. The number of hydrogen-bond acceptors (Lipinski definition) is 6. The predicted molar refractivity (Wildman–Crippen MR) is 162 cm³/mol. The highest BCUT2D eigenvalue weighted by atomic mass is 32.2. The maximum Gasteiger partial charge on any atom is 0.419 e. The molecule has 0 aromatic heterocycles. The monoisotopic (exact) mass is 549 g/mol. The summed E-state index contributed by atoms with van der Waals surface area (Å²) in [6.45, 7) is 6.87. The van der Waals surface area contributed by atoms with Crippen molar-refractivity contribution in [2.75, 3.05) is 42.9 Å². The van der Waals surface area contributed by atoms with Crippen molar-refractivity contribution < 1.29 is 14.0 Å². The molecule has 0 saturated heterocycles. The highest BCUT2D eigenvalue weighted by Gasteiger charge is 2.31. The number of ether oxygens (including phenoxy) is 1. The summed E-state index contributed by atoms with van der Waals surface area (Å²) in [5.41, 5.74) is 4.76. The molecule has 202 valence electrons. The first-order chi connectivity index (χ1) is 18.2. The lowest BCUT2D eigenvalue weighted by Crippen LogP contribution is -2.39. The van der Waals surface area contributed by atoms with Crippen LogP contribution in [0.2, 0.25) is 18.1 Å². The molecule has 3 aromatic rings.